The van der Waals surface area contributed by atoms with Crippen LogP contribution in [0.3, 0.4) is 0 Å². The van der Waals surface area contributed by atoms with E-state index in [0.29, 0.717) is 18.7 Å². The molecule has 3 atom stereocenters. The fourth-order valence-corrected chi connectivity index (χ4v) is 4.25. The molecule has 0 spiro atoms. The zero-order chi connectivity index (χ0) is 17.9. The summed E-state index contributed by atoms with van der Waals surface area (Å²) in [4.78, 5) is 12.3. The average molecular weight is 354 g/mol. The Morgan fingerprint density at radius 3 is 2.29 bits per heavy atom. The highest BCUT2D eigenvalue weighted by Gasteiger charge is 2.32. The number of sulfonamides is 1. The standard InChI is InChI=1S/C17H26N2O4S/c1-5-12(2)18-17(20)15-6-8-16(9-7-15)24(21,22)19-10-13(3)23-14(4)11-19/h6-9,12-14H,5,10-11H2,1-4H3,(H,18,20)/t12-,13-,14-/m1/s1. The molecule has 1 aliphatic rings. The second-order valence-corrected chi connectivity index (χ2v) is 8.32. The zero-order valence-electron chi connectivity index (χ0n) is 14.7. The van der Waals surface area contributed by atoms with Crippen LogP contribution in [-0.4, -0.2) is 50.0 Å². The Morgan fingerprint density at radius 2 is 1.79 bits per heavy atom. The largest absolute Gasteiger partial charge is 0.373 e. The number of benzene rings is 1. The molecule has 1 aromatic rings. The number of rotatable bonds is 5. The molecule has 0 aliphatic carbocycles. The Morgan fingerprint density at radius 1 is 1.25 bits per heavy atom. The van der Waals surface area contributed by atoms with E-state index in [0.717, 1.165) is 6.42 Å². The summed E-state index contributed by atoms with van der Waals surface area (Å²) >= 11 is 0. The fraction of sp³-hybridized carbons (Fsp3) is 0.588. The van der Waals surface area contributed by atoms with Crippen LogP contribution in [0.1, 0.15) is 44.5 Å². The van der Waals surface area contributed by atoms with Crippen molar-refractivity contribution in [2.24, 2.45) is 0 Å². The first-order chi connectivity index (χ1) is 11.2. The topological polar surface area (TPSA) is 75.7 Å². The molecule has 7 heteroatoms. The van der Waals surface area contributed by atoms with Crippen LogP contribution in [0.2, 0.25) is 0 Å². The first-order valence-corrected chi connectivity index (χ1v) is 9.74. The number of hydrogen-bond donors (Lipinski definition) is 1. The summed E-state index contributed by atoms with van der Waals surface area (Å²) < 4.78 is 32.5. The highest BCUT2D eigenvalue weighted by atomic mass is 32.2. The normalized spacial score (nSPS) is 23.7. The van der Waals surface area contributed by atoms with Crippen molar-refractivity contribution in [1.29, 1.82) is 0 Å². The predicted molar refractivity (Wildman–Crippen MR) is 92.4 cm³/mol. The zero-order valence-corrected chi connectivity index (χ0v) is 15.5. The highest BCUT2D eigenvalue weighted by Crippen LogP contribution is 2.21. The summed E-state index contributed by atoms with van der Waals surface area (Å²) in [5, 5.41) is 2.86. The second-order valence-electron chi connectivity index (χ2n) is 6.39. The molecule has 2 rings (SSSR count). The van der Waals surface area contributed by atoms with Gasteiger partial charge in [0.2, 0.25) is 10.0 Å². The van der Waals surface area contributed by atoms with Crippen LogP contribution < -0.4 is 5.32 Å². The van der Waals surface area contributed by atoms with E-state index in [4.69, 9.17) is 4.74 Å². The van der Waals surface area contributed by atoms with E-state index in [1.54, 1.807) is 12.1 Å². The molecule has 0 bridgehead atoms. The summed E-state index contributed by atoms with van der Waals surface area (Å²) in [7, 11) is -3.58. The minimum Gasteiger partial charge on any atom is -0.373 e. The van der Waals surface area contributed by atoms with Crippen LogP contribution in [-0.2, 0) is 14.8 Å². The van der Waals surface area contributed by atoms with Gasteiger partial charge in [-0.05, 0) is 51.5 Å². The maximum atomic E-state index is 12.8. The predicted octanol–water partition coefficient (Wildman–Crippen LogP) is 2.01. The SMILES string of the molecule is CC[C@@H](C)NC(=O)c1ccc(S(=O)(=O)N2C[C@@H](C)O[C@H](C)C2)cc1. The minimum atomic E-state index is -3.58. The molecule has 1 aromatic carbocycles. The fourth-order valence-electron chi connectivity index (χ4n) is 2.66. The molecule has 0 saturated carbocycles. The van der Waals surface area contributed by atoms with Crippen LogP contribution in [0.5, 0.6) is 0 Å². The first kappa shape index (κ1) is 18.9. The molecule has 24 heavy (non-hydrogen) atoms. The molecular formula is C17H26N2O4S. The van der Waals surface area contributed by atoms with Crippen LogP contribution in [0.15, 0.2) is 29.2 Å². The third-order valence-electron chi connectivity index (χ3n) is 4.13. The van der Waals surface area contributed by atoms with Crippen LogP contribution in [0.25, 0.3) is 0 Å². The van der Waals surface area contributed by atoms with Gasteiger partial charge in [0.15, 0.2) is 0 Å². The van der Waals surface area contributed by atoms with Gasteiger partial charge in [-0.1, -0.05) is 6.92 Å². The summed E-state index contributed by atoms with van der Waals surface area (Å²) in [6.07, 6.45) is 0.569. The van der Waals surface area contributed by atoms with Gasteiger partial charge < -0.3 is 10.1 Å². The first-order valence-electron chi connectivity index (χ1n) is 8.30. The van der Waals surface area contributed by atoms with E-state index in [1.165, 1.54) is 16.4 Å². The van der Waals surface area contributed by atoms with E-state index in [2.05, 4.69) is 5.32 Å². The molecule has 1 heterocycles. The Hall–Kier alpha value is -1.44. The molecule has 1 N–H and O–H groups in total. The van der Waals surface area contributed by atoms with Crippen molar-refractivity contribution in [1.82, 2.24) is 9.62 Å². The Labute approximate surface area is 144 Å². The smallest absolute Gasteiger partial charge is 0.251 e. The number of nitrogens with zero attached hydrogens (tertiary/aromatic N) is 1. The number of carbonyl (C=O) groups is 1. The molecule has 0 aromatic heterocycles. The molecule has 1 aliphatic heterocycles. The Kier molecular flexibility index (Phi) is 6.01. The lowest BCUT2D eigenvalue weighted by Crippen LogP contribution is -2.48. The van der Waals surface area contributed by atoms with Crippen LogP contribution in [0, 0.1) is 0 Å². The van der Waals surface area contributed by atoms with Crippen molar-refractivity contribution in [2.45, 2.75) is 57.3 Å². The van der Waals surface area contributed by atoms with Gasteiger partial charge in [-0.25, -0.2) is 8.42 Å². The van der Waals surface area contributed by atoms with Crippen molar-refractivity contribution in [2.75, 3.05) is 13.1 Å². The van der Waals surface area contributed by atoms with Crippen molar-refractivity contribution >= 4 is 15.9 Å². The number of nitrogens with one attached hydrogen (secondary N) is 1. The lowest BCUT2D eigenvalue weighted by molar-refractivity contribution is -0.0440. The number of morpholine rings is 1. The van der Waals surface area contributed by atoms with Crippen molar-refractivity contribution in [3.63, 3.8) is 0 Å². The third-order valence-corrected chi connectivity index (χ3v) is 5.98. The highest BCUT2D eigenvalue weighted by molar-refractivity contribution is 7.89. The number of hydrogen-bond acceptors (Lipinski definition) is 4. The maximum absolute atomic E-state index is 12.8. The quantitative estimate of drug-likeness (QED) is 0.878. The molecule has 134 valence electrons. The van der Waals surface area contributed by atoms with E-state index in [-0.39, 0.29) is 29.1 Å². The third kappa shape index (κ3) is 4.34. The lowest BCUT2D eigenvalue weighted by Gasteiger charge is -2.34. The maximum Gasteiger partial charge on any atom is 0.251 e. The van der Waals surface area contributed by atoms with Gasteiger partial charge in [0.25, 0.3) is 5.91 Å². The molecular weight excluding hydrogens is 328 g/mol. The van der Waals surface area contributed by atoms with Gasteiger partial charge in [-0.3, -0.25) is 4.79 Å². The molecule has 0 unspecified atom stereocenters. The van der Waals surface area contributed by atoms with E-state index in [9.17, 15) is 13.2 Å². The van der Waals surface area contributed by atoms with Crippen molar-refractivity contribution < 1.29 is 17.9 Å². The van der Waals surface area contributed by atoms with Gasteiger partial charge >= 0.3 is 0 Å². The van der Waals surface area contributed by atoms with E-state index < -0.39 is 10.0 Å². The minimum absolute atomic E-state index is 0.0808. The van der Waals surface area contributed by atoms with Gasteiger partial charge in [0, 0.05) is 24.7 Å². The van der Waals surface area contributed by atoms with Crippen molar-refractivity contribution in [3.05, 3.63) is 29.8 Å². The van der Waals surface area contributed by atoms with E-state index >= 15 is 0 Å². The van der Waals surface area contributed by atoms with E-state index in [1.807, 2.05) is 27.7 Å². The van der Waals surface area contributed by atoms with Crippen LogP contribution >= 0.6 is 0 Å². The molecule has 0 radical (unpaired) electrons. The van der Waals surface area contributed by atoms with Gasteiger partial charge in [0.1, 0.15) is 0 Å². The summed E-state index contributed by atoms with van der Waals surface area (Å²) in [6.45, 7) is 8.31. The molecule has 1 amide bonds. The van der Waals surface area contributed by atoms with Crippen LogP contribution in [0.4, 0.5) is 0 Å². The van der Waals surface area contributed by atoms with Gasteiger partial charge in [-0.2, -0.15) is 4.31 Å². The van der Waals surface area contributed by atoms with Gasteiger partial charge in [-0.15, -0.1) is 0 Å². The monoisotopic (exact) mass is 354 g/mol. The van der Waals surface area contributed by atoms with Gasteiger partial charge in [0.05, 0.1) is 17.1 Å². The number of carbonyl (C=O) groups excluding carboxylic acids is 1. The number of ether oxygens (including phenoxy) is 1. The molecule has 1 saturated heterocycles. The lowest BCUT2D eigenvalue weighted by atomic mass is 10.2. The summed E-state index contributed by atoms with van der Waals surface area (Å²) in [5.41, 5.74) is 0.456. The summed E-state index contributed by atoms with van der Waals surface area (Å²) in [5.74, 6) is -0.193. The summed E-state index contributed by atoms with van der Waals surface area (Å²) in [6, 6.07) is 6.17. The molecule has 1 fully saturated rings. The van der Waals surface area contributed by atoms with Crippen molar-refractivity contribution in [3.8, 4) is 0 Å². The number of amides is 1. The molecule has 6 nitrogen and oxygen atoms in total. The average Bonchev–Trinajstić information content (AvgIpc) is 2.53. The second kappa shape index (κ2) is 7.63. The Bertz CT molecular complexity index is 662. The Balaban J connectivity index is 2.16.